The van der Waals surface area contributed by atoms with Crippen molar-refractivity contribution in [3.8, 4) is 0 Å². The maximum atomic E-state index is 12.1. The molecule has 0 unspecified atom stereocenters. The fraction of sp³-hybridized carbons (Fsp3) is 0.312. The molecule has 0 spiro atoms. The van der Waals surface area contributed by atoms with Gasteiger partial charge in [-0.25, -0.2) is 0 Å². The van der Waals surface area contributed by atoms with Gasteiger partial charge in [-0.2, -0.15) is 0 Å². The summed E-state index contributed by atoms with van der Waals surface area (Å²) in [6, 6.07) is 6.16. The molecular formula is C16H22N2O. The largest absolute Gasteiger partial charge is 0.376 e. The first-order chi connectivity index (χ1) is 9.08. The molecule has 1 aromatic rings. The summed E-state index contributed by atoms with van der Waals surface area (Å²) in [5.74, 6) is 0.0423. The minimum absolute atomic E-state index is 0.0423. The van der Waals surface area contributed by atoms with Crippen LogP contribution in [0, 0.1) is 13.8 Å². The first kappa shape index (κ1) is 15.0. The second-order valence-corrected chi connectivity index (χ2v) is 4.55. The van der Waals surface area contributed by atoms with E-state index in [1.165, 1.54) is 5.56 Å². The molecule has 0 aliphatic heterocycles. The molecule has 0 aliphatic carbocycles. The molecule has 3 nitrogen and oxygen atoms in total. The Kier molecular flexibility index (Phi) is 5.86. The number of amides is 1. The number of hydrogen-bond acceptors (Lipinski definition) is 2. The topological polar surface area (TPSA) is 32.3 Å². The monoisotopic (exact) mass is 258 g/mol. The molecule has 1 amide bonds. The summed E-state index contributed by atoms with van der Waals surface area (Å²) >= 11 is 0. The summed E-state index contributed by atoms with van der Waals surface area (Å²) in [4.78, 5) is 13.8. The molecule has 0 saturated heterocycles. The third kappa shape index (κ3) is 4.62. The van der Waals surface area contributed by atoms with Crippen LogP contribution in [0.5, 0.6) is 0 Å². The van der Waals surface area contributed by atoms with E-state index < -0.39 is 0 Å². The van der Waals surface area contributed by atoms with E-state index >= 15 is 0 Å². The molecule has 102 valence electrons. The Balaban J connectivity index is 2.63. The van der Waals surface area contributed by atoms with E-state index in [0.717, 1.165) is 11.3 Å². The predicted molar refractivity (Wildman–Crippen MR) is 81.4 cm³/mol. The van der Waals surface area contributed by atoms with E-state index in [0.29, 0.717) is 13.1 Å². The average Bonchev–Trinajstić information content (AvgIpc) is 2.39. The third-order valence-electron chi connectivity index (χ3n) is 2.87. The highest BCUT2D eigenvalue weighted by Gasteiger charge is 2.10. The molecule has 19 heavy (non-hydrogen) atoms. The van der Waals surface area contributed by atoms with Gasteiger partial charge < -0.3 is 10.2 Å². The zero-order valence-corrected chi connectivity index (χ0v) is 11.8. The highest BCUT2D eigenvalue weighted by Crippen LogP contribution is 2.15. The van der Waals surface area contributed by atoms with Crippen molar-refractivity contribution in [3.05, 3.63) is 54.6 Å². The van der Waals surface area contributed by atoms with Crippen molar-refractivity contribution in [2.45, 2.75) is 13.8 Å². The predicted octanol–water partition coefficient (Wildman–Crippen LogP) is 2.92. The summed E-state index contributed by atoms with van der Waals surface area (Å²) in [7, 11) is 0. The number of carbonyl (C=O) groups excluding carboxylic acids is 1. The first-order valence-corrected chi connectivity index (χ1v) is 6.39. The van der Waals surface area contributed by atoms with E-state index in [1.807, 2.05) is 26.0 Å². The van der Waals surface area contributed by atoms with Gasteiger partial charge in [0.05, 0.1) is 6.54 Å². The standard InChI is InChI=1S/C16H22N2O/c1-5-9-18(10-6-2)16(19)12-17-15-11-13(3)7-8-14(15)4/h5-8,11,17H,1-2,9-10,12H2,3-4H3. The van der Waals surface area contributed by atoms with Crippen LogP contribution >= 0.6 is 0 Å². The number of nitrogens with zero attached hydrogens (tertiary/aromatic N) is 1. The number of benzene rings is 1. The molecule has 0 atom stereocenters. The molecule has 0 bridgehead atoms. The molecule has 1 aromatic carbocycles. The van der Waals surface area contributed by atoms with Crippen LogP contribution in [0.15, 0.2) is 43.5 Å². The van der Waals surface area contributed by atoms with E-state index in [9.17, 15) is 4.79 Å². The molecule has 1 rings (SSSR count). The highest BCUT2D eigenvalue weighted by molar-refractivity contribution is 5.81. The van der Waals surface area contributed by atoms with Crippen LogP contribution in [0.3, 0.4) is 0 Å². The van der Waals surface area contributed by atoms with Crippen LogP contribution in [0.25, 0.3) is 0 Å². The van der Waals surface area contributed by atoms with Crippen LogP contribution in [0.2, 0.25) is 0 Å². The Bertz CT molecular complexity index is 456. The van der Waals surface area contributed by atoms with Crippen LogP contribution in [0.4, 0.5) is 5.69 Å². The quantitative estimate of drug-likeness (QED) is 0.763. The van der Waals surface area contributed by atoms with Crippen LogP contribution in [0.1, 0.15) is 11.1 Å². The summed E-state index contributed by atoms with van der Waals surface area (Å²) in [6.45, 7) is 12.7. The lowest BCUT2D eigenvalue weighted by Gasteiger charge is -2.20. The second kappa shape index (κ2) is 7.41. The van der Waals surface area contributed by atoms with Gasteiger partial charge in [-0.05, 0) is 31.0 Å². The molecule has 0 fully saturated rings. The van der Waals surface area contributed by atoms with Crippen LogP contribution in [-0.4, -0.2) is 30.4 Å². The summed E-state index contributed by atoms with van der Waals surface area (Å²) in [6.07, 6.45) is 3.44. The smallest absolute Gasteiger partial charge is 0.242 e. The Morgan fingerprint density at radius 2 is 1.89 bits per heavy atom. The average molecular weight is 258 g/mol. The van der Waals surface area contributed by atoms with Crippen molar-refractivity contribution in [3.63, 3.8) is 0 Å². The molecule has 0 aliphatic rings. The number of rotatable bonds is 7. The molecule has 0 heterocycles. The maximum absolute atomic E-state index is 12.1. The van der Waals surface area contributed by atoms with E-state index in [4.69, 9.17) is 0 Å². The molecule has 0 aromatic heterocycles. The van der Waals surface area contributed by atoms with Gasteiger partial charge in [0.2, 0.25) is 5.91 Å². The van der Waals surface area contributed by atoms with Gasteiger partial charge in [-0.3, -0.25) is 4.79 Å². The van der Waals surface area contributed by atoms with E-state index in [1.54, 1.807) is 17.1 Å². The molecule has 3 heteroatoms. The van der Waals surface area contributed by atoms with Gasteiger partial charge in [0.1, 0.15) is 0 Å². The van der Waals surface area contributed by atoms with E-state index in [-0.39, 0.29) is 12.5 Å². The molecular weight excluding hydrogens is 236 g/mol. The molecule has 1 N–H and O–H groups in total. The summed E-state index contributed by atoms with van der Waals surface area (Å²) in [5.41, 5.74) is 3.32. The van der Waals surface area contributed by atoms with Crippen molar-refractivity contribution < 1.29 is 4.79 Å². The maximum Gasteiger partial charge on any atom is 0.242 e. The lowest BCUT2D eigenvalue weighted by molar-refractivity contribution is -0.128. The van der Waals surface area contributed by atoms with Crippen molar-refractivity contribution >= 4 is 11.6 Å². The zero-order chi connectivity index (χ0) is 14.3. The lowest BCUT2D eigenvalue weighted by atomic mass is 10.1. The Hall–Kier alpha value is -2.03. The Morgan fingerprint density at radius 3 is 2.47 bits per heavy atom. The van der Waals surface area contributed by atoms with Crippen molar-refractivity contribution in [1.29, 1.82) is 0 Å². The van der Waals surface area contributed by atoms with Crippen LogP contribution < -0.4 is 5.32 Å². The third-order valence-corrected chi connectivity index (χ3v) is 2.87. The number of aryl methyl sites for hydroxylation is 2. The minimum atomic E-state index is 0.0423. The van der Waals surface area contributed by atoms with Gasteiger partial charge in [0.15, 0.2) is 0 Å². The zero-order valence-electron chi connectivity index (χ0n) is 11.8. The van der Waals surface area contributed by atoms with Crippen molar-refractivity contribution in [2.75, 3.05) is 25.0 Å². The fourth-order valence-corrected chi connectivity index (χ4v) is 1.80. The van der Waals surface area contributed by atoms with Gasteiger partial charge in [-0.1, -0.05) is 24.3 Å². The molecule has 0 saturated carbocycles. The Morgan fingerprint density at radius 1 is 1.26 bits per heavy atom. The molecule has 0 radical (unpaired) electrons. The van der Waals surface area contributed by atoms with Gasteiger partial charge >= 0.3 is 0 Å². The van der Waals surface area contributed by atoms with Crippen molar-refractivity contribution in [1.82, 2.24) is 4.90 Å². The highest BCUT2D eigenvalue weighted by atomic mass is 16.2. The first-order valence-electron chi connectivity index (χ1n) is 6.39. The van der Waals surface area contributed by atoms with Gasteiger partial charge in [-0.15, -0.1) is 13.2 Å². The van der Waals surface area contributed by atoms with Crippen LogP contribution in [-0.2, 0) is 4.79 Å². The van der Waals surface area contributed by atoms with Gasteiger partial charge in [0.25, 0.3) is 0 Å². The second-order valence-electron chi connectivity index (χ2n) is 4.55. The van der Waals surface area contributed by atoms with Crippen molar-refractivity contribution in [2.24, 2.45) is 0 Å². The Labute approximate surface area is 115 Å². The lowest BCUT2D eigenvalue weighted by Crippen LogP contribution is -2.35. The van der Waals surface area contributed by atoms with Gasteiger partial charge in [0, 0.05) is 18.8 Å². The SMILES string of the molecule is C=CCN(CC=C)C(=O)CNc1cc(C)ccc1C. The normalized spacial score (nSPS) is 9.79. The summed E-state index contributed by atoms with van der Waals surface area (Å²) in [5, 5.41) is 3.19. The number of nitrogens with one attached hydrogen (secondary N) is 1. The number of anilines is 1. The number of hydrogen-bond donors (Lipinski definition) is 1. The minimum Gasteiger partial charge on any atom is -0.376 e. The van der Waals surface area contributed by atoms with E-state index in [2.05, 4.69) is 24.5 Å². The number of carbonyl (C=O) groups is 1. The fourth-order valence-electron chi connectivity index (χ4n) is 1.80. The summed E-state index contributed by atoms with van der Waals surface area (Å²) < 4.78 is 0.